The van der Waals surface area contributed by atoms with Gasteiger partial charge in [0.2, 0.25) is 0 Å². The second-order valence-corrected chi connectivity index (χ2v) is 5.52. The quantitative estimate of drug-likeness (QED) is 0.761. The molecule has 18 heavy (non-hydrogen) atoms. The van der Waals surface area contributed by atoms with Crippen LogP contribution in [0.4, 0.5) is 11.5 Å². The lowest BCUT2D eigenvalue weighted by Gasteiger charge is -2.07. The number of imidazole rings is 1. The third kappa shape index (κ3) is 2.43. The number of anilines is 2. The Balaban J connectivity index is 2.30. The van der Waals surface area contributed by atoms with Gasteiger partial charge in [0.05, 0.1) is 18.1 Å². The molecule has 96 valence electrons. The van der Waals surface area contributed by atoms with E-state index < -0.39 is 10.0 Å². The minimum absolute atomic E-state index is 0.00345. The van der Waals surface area contributed by atoms with E-state index >= 15 is 0 Å². The molecule has 2 aromatic heterocycles. The predicted molar refractivity (Wildman–Crippen MR) is 67.5 cm³/mol. The Kier molecular flexibility index (Phi) is 2.95. The van der Waals surface area contributed by atoms with Crippen LogP contribution in [0, 0.1) is 13.8 Å². The van der Waals surface area contributed by atoms with Crippen molar-refractivity contribution in [1.29, 1.82) is 0 Å². The van der Waals surface area contributed by atoms with Crippen LogP contribution >= 0.6 is 0 Å². The van der Waals surface area contributed by atoms with Gasteiger partial charge in [-0.05, 0) is 25.5 Å². The van der Waals surface area contributed by atoms with Crippen LogP contribution in [-0.4, -0.2) is 23.4 Å². The molecule has 0 saturated heterocycles. The number of hydrogen-bond donors (Lipinski definition) is 3. The van der Waals surface area contributed by atoms with Crippen molar-refractivity contribution in [3.63, 3.8) is 0 Å². The van der Waals surface area contributed by atoms with E-state index in [4.69, 9.17) is 5.73 Å². The minimum atomic E-state index is -3.69. The van der Waals surface area contributed by atoms with Gasteiger partial charge in [0.25, 0.3) is 10.0 Å². The van der Waals surface area contributed by atoms with Crippen molar-refractivity contribution in [1.82, 2.24) is 15.0 Å². The number of sulfonamides is 1. The molecule has 0 unspecified atom stereocenters. The molecule has 0 aliphatic rings. The first-order valence-electron chi connectivity index (χ1n) is 5.15. The summed E-state index contributed by atoms with van der Waals surface area (Å²) in [5.74, 6) is 0.741. The Labute approximate surface area is 105 Å². The zero-order valence-electron chi connectivity index (χ0n) is 9.93. The Hall–Kier alpha value is -2.09. The summed E-state index contributed by atoms with van der Waals surface area (Å²) in [4.78, 5) is 10.4. The fraction of sp³-hybridized carbons (Fsp3) is 0.200. The van der Waals surface area contributed by atoms with Crippen molar-refractivity contribution in [3.05, 3.63) is 29.8 Å². The standard InChI is InChI=1S/C10H13N5O2S/c1-6-3-9(13-4-8(6)11)15-18(16,17)10-5-12-7(2)14-10/h3-5H,11H2,1-2H3,(H,12,14)(H,13,15). The van der Waals surface area contributed by atoms with Gasteiger partial charge < -0.3 is 10.7 Å². The van der Waals surface area contributed by atoms with Crippen molar-refractivity contribution in [2.45, 2.75) is 18.9 Å². The van der Waals surface area contributed by atoms with E-state index in [-0.39, 0.29) is 10.8 Å². The largest absolute Gasteiger partial charge is 0.397 e. The van der Waals surface area contributed by atoms with Gasteiger partial charge in [-0.25, -0.2) is 9.97 Å². The van der Waals surface area contributed by atoms with E-state index in [2.05, 4.69) is 19.7 Å². The molecule has 2 heterocycles. The smallest absolute Gasteiger partial charge is 0.280 e. The van der Waals surface area contributed by atoms with Crippen molar-refractivity contribution < 1.29 is 8.42 Å². The topological polar surface area (TPSA) is 114 Å². The Morgan fingerprint density at radius 3 is 2.56 bits per heavy atom. The van der Waals surface area contributed by atoms with Crippen LogP contribution in [0.2, 0.25) is 0 Å². The number of nitrogens with two attached hydrogens (primary N) is 1. The summed E-state index contributed by atoms with van der Waals surface area (Å²) in [6.45, 7) is 3.44. The number of nitrogen functional groups attached to an aromatic ring is 1. The van der Waals surface area contributed by atoms with E-state index in [0.717, 1.165) is 5.56 Å². The molecule has 8 heteroatoms. The number of nitrogens with one attached hydrogen (secondary N) is 2. The molecule has 0 aliphatic heterocycles. The molecule has 0 bridgehead atoms. The fourth-order valence-corrected chi connectivity index (χ4v) is 2.32. The highest BCUT2D eigenvalue weighted by molar-refractivity contribution is 7.92. The maximum absolute atomic E-state index is 12.0. The summed E-state index contributed by atoms with van der Waals surface area (Å²) < 4.78 is 26.3. The lowest BCUT2D eigenvalue weighted by molar-refractivity contribution is 0.598. The molecule has 0 spiro atoms. The van der Waals surface area contributed by atoms with E-state index in [1.807, 2.05) is 0 Å². The monoisotopic (exact) mass is 267 g/mol. The van der Waals surface area contributed by atoms with Crippen LogP contribution in [0.25, 0.3) is 0 Å². The van der Waals surface area contributed by atoms with Crippen LogP contribution < -0.4 is 10.5 Å². The maximum atomic E-state index is 12.0. The molecule has 0 radical (unpaired) electrons. The number of aryl methyl sites for hydroxylation is 2. The molecule has 0 amide bonds. The lowest BCUT2D eigenvalue weighted by Crippen LogP contribution is -2.14. The molecule has 0 saturated carbocycles. The molecule has 0 aromatic carbocycles. The van der Waals surface area contributed by atoms with Crippen LogP contribution in [0.5, 0.6) is 0 Å². The SMILES string of the molecule is Cc1ncc(S(=O)(=O)Nc2cc(C)c(N)cn2)[nH]1. The number of pyridine rings is 1. The zero-order valence-corrected chi connectivity index (χ0v) is 10.7. The van der Waals surface area contributed by atoms with E-state index in [1.54, 1.807) is 19.9 Å². The number of aromatic nitrogens is 3. The molecule has 2 aromatic rings. The molecule has 0 aliphatic carbocycles. The molecule has 2 rings (SSSR count). The zero-order chi connectivity index (χ0) is 13.3. The van der Waals surface area contributed by atoms with Crippen molar-refractivity contribution in [2.24, 2.45) is 0 Å². The number of aromatic amines is 1. The second kappa shape index (κ2) is 4.30. The van der Waals surface area contributed by atoms with E-state index in [1.165, 1.54) is 12.4 Å². The summed E-state index contributed by atoms with van der Waals surface area (Å²) in [7, 11) is -3.69. The van der Waals surface area contributed by atoms with Crippen molar-refractivity contribution in [3.8, 4) is 0 Å². The highest BCUT2D eigenvalue weighted by atomic mass is 32.2. The number of hydrogen-bond acceptors (Lipinski definition) is 5. The second-order valence-electron chi connectivity index (χ2n) is 3.86. The van der Waals surface area contributed by atoms with Crippen molar-refractivity contribution >= 4 is 21.5 Å². The first-order valence-corrected chi connectivity index (χ1v) is 6.63. The van der Waals surface area contributed by atoms with Gasteiger partial charge >= 0.3 is 0 Å². The van der Waals surface area contributed by atoms with E-state index in [9.17, 15) is 8.42 Å². The number of H-pyrrole nitrogens is 1. The maximum Gasteiger partial charge on any atom is 0.280 e. The van der Waals surface area contributed by atoms with Gasteiger partial charge in [0.15, 0.2) is 5.03 Å². The van der Waals surface area contributed by atoms with Crippen LogP contribution in [0.15, 0.2) is 23.5 Å². The lowest BCUT2D eigenvalue weighted by atomic mass is 10.2. The molecule has 0 fully saturated rings. The van der Waals surface area contributed by atoms with Crippen LogP contribution in [-0.2, 0) is 10.0 Å². The first kappa shape index (κ1) is 12.4. The summed E-state index contributed by atoms with van der Waals surface area (Å²) in [5, 5.41) is -0.00345. The summed E-state index contributed by atoms with van der Waals surface area (Å²) >= 11 is 0. The minimum Gasteiger partial charge on any atom is -0.397 e. The number of rotatable bonds is 3. The van der Waals surface area contributed by atoms with Gasteiger partial charge in [0.1, 0.15) is 11.6 Å². The normalized spacial score (nSPS) is 11.4. The molecule has 7 nitrogen and oxygen atoms in total. The highest BCUT2D eigenvalue weighted by Crippen LogP contribution is 2.16. The van der Waals surface area contributed by atoms with Gasteiger partial charge in [-0.2, -0.15) is 8.42 Å². The average Bonchev–Trinajstić information content (AvgIpc) is 2.71. The Morgan fingerprint density at radius 1 is 1.28 bits per heavy atom. The highest BCUT2D eigenvalue weighted by Gasteiger charge is 2.17. The van der Waals surface area contributed by atoms with Gasteiger partial charge in [0, 0.05) is 0 Å². The van der Waals surface area contributed by atoms with Gasteiger partial charge in [-0.1, -0.05) is 0 Å². The van der Waals surface area contributed by atoms with Gasteiger partial charge in [-0.15, -0.1) is 0 Å². The van der Waals surface area contributed by atoms with E-state index in [0.29, 0.717) is 11.5 Å². The first-order chi connectivity index (χ1) is 8.38. The molecular formula is C10H13N5O2S. The Morgan fingerprint density at radius 2 is 2.00 bits per heavy atom. The van der Waals surface area contributed by atoms with Crippen LogP contribution in [0.1, 0.15) is 11.4 Å². The molecule has 4 N–H and O–H groups in total. The fourth-order valence-electron chi connectivity index (χ4n) is 1.35. The number of nitrogens with zero attached hydrogens (tertiary/aromatic N) is 2. The predicted octanol–water partition coefficient (Wildman–Crippen LogP) is 0.805. The summed E-state index contributed by atoms with van der Waals surface area (Å²) in [5.41, 5.74) is 6.87. The van der Waals surface area contributed by atoms with Crippen LogP contribution in [0.3, 0.4) is 0 Å². The van der Waals surface area contributed by atoms with Crippen molar-refractivity contribution in [2.75, 3.05) is 10.5 Å². The third-order valence-corrected chi connectivity index (χ3v) is 3.62. The summed E-state index contributed by atoms with van der Waals surface area (Å²) in [6.07, 6.45) is 2.66. The molecular weight excluding hydrogens is 254 g/mol. The van der Waals surface area contributed by atoms with Gasteiger partial charge in [-0.3, -0.25) is 4.72 Å². The molecule has 0 atom stereocenters. The third-order valence-electron chi connectivity index (χ3n) is 2.36. The Bertz CT molecular complexity index is 677. The average molecular weight is 267 g/mol. The summed E-state index contributed by atoms with van der Waals surface area (Å²) in [6, 6.07) is 1.57.